The van der Waals surface area contributed by atoms with Crippen LogP contribution in [0.25, 0.3) is 0 Å². The van der Waals surface area contributed by atoms with E-state index in [1.807, 2.05) is 32.3 Å². The van der Waals surface area contributed by atoms with Crippen LogP contribution < -0.4 is 0 Å². The van der Waals surface area contributed by atoms with Gasteiger partial charge >= 0.3 is 0 Å². The topological polar surface area (TPSA) is 12.9 Å². The molecule has 12 heavy (non-hydrogen) atoms. The summed E-state index contributed by atoms with van der Waals surface area (Å²) in [4.78, 5) is 4.04. The summed E-state index contributed by atoms with van der Waals surface area (Å²) in [6.45, 7) is 6.20. The molecule has 0 unspecified atom stereocenters. The lowest BCUT2D eigenvalue weighted by Gasteiger charge is -1.95. The van der Waals surface area contributed by atoms with Crippen molar-refractivity contribution in [2.75, 3.05) is 0 Å². The molecule has 0 aliphatic heterocycles. The molecule has 1 aromatic heterocycles. The maximum absolute atomic E-state index is 4.04. The largest absolute Gasteiger partial charge is 0.264 e. The van der Waals surface area contributed by atoms with Gasteiger partial charge in [0.15, 0.2) is 0 Å². The highest BCUT2D eigenvalue weighted by molar-refractivity contribution is 5.07. The van der Waals surface area contributed by atoms with Crippen LogP contribution in [-0.4, -0.2) is 4.98 Å². The van der Waals surface area contributed by atoms with Gasteiger partial charge in [0.2, 0.25) is 0 Å². The van der Waals surface area contributed by atoms with Gasteiger partial charge in [-0.1, -0.05) is 33.3 Å². The van der Waals surface area contributed by atoms with Crippen molar-refractivity contribution in [1.29, 1.82) is 0 Å². The standard InChI is InChI=1S/C9H13N.C2H6/c1-2-3-5-9-6-4-7-10-8-9;1-2/h4,6-8H,2-3,5H2,1H3;1-2H3. The average Bonchev–Trinajstić information content (AvgIpc) is 2.19. The second-order valence-corrected chi connectivity index (χ2v) is 2.46. The number of aryl methyl sites for hydroxylation is 1. The Bertz CT molecular complexity index is 170. The SMILES string of the molecule is CC.CCCCc1cccnc1. The first-order chi connectivity index (χ1) is 5.93. The van der Waals surface area contributed by atoms with E-state index in [1.54, 1.807) is 0 Å². The number of unbranched alkanes of at least 4 members (excludes halogenated alkanes) is 1. The lowest BCUT2D eigenvalue weighted by molar-refractivity contribution is 0.792. The lowest BCUT2D eigenvalue weighted by atomic mass is 10.1. The zero-order chi connectivity index (χ0) is 9.23. The van der Waals surface area contributed by atoms with Gasteiger partial charge < -0.3 is 0 Å². The summed E-state index contributed by atoms with van der Waals surface area (Å²) in [5, 5.41) is 0. The molecule has 1 rings (SSSR count). The van der Waals surface area contributed by atoms with E-state index >= 15 is 0 Å². The van der Waals surface area contributed by atoms with Gasteiger partial charge in [-0.05, 0) is 24.5 Å². The minimum atomic E-state index is 1.17. The summed E-state index contributed by atoms with van der Waals surface area (Å²) < 4.78 is 0. The predicted octanol–water partition coefficient (Wildman–Crippen LogP) is 3.45. The summed E-state index contributed by atoms with van der Waals surface area (Å²) in [7, 11) is 0. The first-order valence-electron chi connectivity index (χ1n) is 4.82. The molecule has 0 saturated carbocycles. The van der Waals surface area contributed by atoms with Crippen molar-refractivity contribution >= 4 is 0 Å². The summed E-state index contributed by atoms with van der Waals surface area (Å²) in [5.74, 6) is 0. The van der Waals surface area contributed by atoms with Crippen molar-refractivity contribution < 1.29 is 0 Å². The van der Waals surface area contributed by atoms with Gasteiger partial charge in [0.05, 0.1) is 0 Å². The molecule has 0 saturated heterocycles. The highest BCUT2D eigenvalue weighted by Gasteiger charge is 1.88. The summed E-state index contributed by atoms with van der Waals surface area (Å²) in [5.41, 5.74) is 1.35. The smallest absolute Gasteiger partial charge is 0.0299 e. The van der Waals surface area contributed by atoms with Gasteiger partial charge in [0, 0.05) is 12.4 Å². The van der Waals surface area contributed by atoms with Gasteiger partial charge in [0.25, 0.3) is 0 Å². The molecule has 0 bridgehead atoms. The van der Waals surface area contributed by atoms with Crippen molar-refractivity contribution in [1.82, 2.24) is 4.98 Å². The second kappa shape index (κ2) is 8.25. The molecule has 1 heteroatoms. The van der Waals surface area contributed by atoms with Gasteiger partial charge in [-0.25, -0.2) is 0 Å². The van der Waals surface area contributed by atoms with Crippen LogP contribution in [0.3, 0.4) is 0 Å². The number of hydrogen-bond donors (Lipinski definition) is 0. The second-order valence-electron chi connectivity index (χ2n) is 2.46. The van der Waals surface area contributed by atoms with E-state index in [1.165, 1.54) is 24.8 Å². The maximum atomic E-state index is 4.04. The summed E-state index contributed by atoms with van der Waals surface area (Å²) in [6.07, 6.45) is 7.45. The molecule has 0 aliphatic rings. The molecular weight excluding hydrogens is 146 g/mol. The highest BCUT2D eigenvalue weighted by Crippen LogP contribution is 2.01. The molecule has 68 valence electrons. The van der Waals surface area contributed by atoms with Crippen molar-refractivity contribution in [3.63, 3.8) is 0 Å². The van der Waals surface area contributed by atoms with E-state index < -0.39 is 0 Å². The Balaban J connectivity index is 0.000000561. The van der Waals surface area contributed by atoms with Crippen LogP contribution in [0.4, 0.5) is 0 Å². The van der Waals surface area contributed by atoms with E-state index in [4.69, 9.17) is 0 Å². The van der Waals surface area contributed by atoms with Crippen molar-refractivity contribution in [3.8, 4) is 0 Å². The minimum absolute atomic E-state index is 1.17. The van der Waals surface area contributed by atoms with Crippen molar-refractivity contribution in [2.45, 2.75) is 40.0 Å². The Morgan fingerprint density at radius 3 is 2.58 bits per heavy atom. The van der Waals surface area contributed by atoms with Crippen molar-refractivity contribution in [3.05, 3.63) is 30.1 Å². The van der Waals surface area contributed by atoms with Crippen LogP contribution in [0.1, 0.15) is 39.2 Å². The van der Waals surface area contributed by atoms with Crippen LogP contribution in [0, 0.1) is 0 Å². The summed E-state index contributed by atoms with van der Waals surface area (Å²) >= 11 is 0. The monoisotopic (exact) mass is 165 g/mol. The molecule has 0 atom stereocenters. The van der Waals surface area contributed by atoms with Crippen LogP contribution in [0.15, 0.2) is 24.5 Å². The van der Waals surface area contributed by atoms with Gasteiger partial charge in [0.1, 0.15) is 0 Å². The lowest BCUT2D eigenvalue weighted by Crippen LogP contribution is -1.83. The van der Waals surface area contributed by atoms with Crippen LogP contribution >= 0.6 is 0 Å². The van der Waals surface area contributed by atoms with E-state index in [-0.39, 0.29) is 0 Å². The summed E-state index contributed by atoms with van der Waals surface area (Å²) in [6, 6.07) is 4.12. The Morgan fingerprint density at radius 1 is 1.33 bits per heavy atom. The van der Waals surface area contributed by atoms with Crippen LogP contribution in [0.5, 0.6) is 0 Å². The quantitative estimate of drug-likeness (QED) is 0.668. The third-order valence-electron chi connectivity index (χ3n) is 1.54. The Labute approximate surface area is 75.8 Å². The molecule has 1 heterocycles. The Hall–Kier alpha value is -0.850. The fourth-order valence-electron chi connectivity index (χ4n) is 0.927. The van der Waals surface area contributed by atoms with Gasteiger partial charge in [-0.2, -0.15) is 0 Å². The van der Waals surface area contributed by atoms with E-state index in [9.17, 15) is 0 Å². The molecule has 0 radical (unpaired) electrons. The fourth-order valence-corrected chi connectivity index (χ4v) is 0.927. The van der Waals surface area contributed by atoms with E-state index in [0.717, 1.165) is 0 Å². The Kier molecular flexibility index (Phi) is 7.66. The van der Waals surface area contributed by atoms with Crippen molar-refractivity contribution in [2.24, 2.45) is 0 Å². The zero-order valence-corrected chi connectivity index (χ0v) is 8.38. The number of nitrogens with zero attached hydrogens (tertiary/aromatic N) is 1. The number of pyridine rings is 1. The molecule has 0 N–H and O–H groups in total. The molecular formula is C11H19N. The Morgan fingerprint density at radius 2 is 2.08 bits per heavy atom. The number of aromatic nitrogens is 1. The third kappa shape index (κ3) is 4.89. The van der Waals surface area contributed by atoms with Gasteiger partial charge in [-0.3, -0.25) is 4.98 Å². The molecule has 1 aromatic rings. The first kappa shape index (κ1) is 11.2. The predicted molar refractivity (Wildman–Crippen MR) is 54.2 cm³/mol. The minimum Gasteiger partial charge on any atom is -0.264 e. The third-order valence-corrected chi connectivity index (χ3v) is 1.54. The molecule has 0 spiro atoms. The average molecular weight is 165 g/mol. The molecule has 0 fully saturated rings. The number of hydrogen-bond acceptors (Lipinski definition) is 1. The van der Waals surface area contributed by atoms with E-state index in [2.05, 4.69) is 18.0 Å². The maximum Gasteiger partial charge on any atom is 0.0299 e. The molecule has 0 amide bonds. The highest BCUT2D eigenvalue weighted by atomic mass is 14.6. The first-order valence-corrected chi connectivity index (χ1v) is 4.82. The van der Waals surface area contributed by atoms with Crippen LogP contribution in [0.2, 0.25) is 0 Å². The molecule has 0 aliphatic carbocycles. The fraction of sp³-hybridized carbons (Fsp3) is 0.545. The van der Waals surface area contributed by atoms with E-state index in [0.29, 0.717) is 0 Å². The molecule has 1 nitrogen and oxygen atoms in total. The zero-order valence-electron chi connectivity index (χ0n) is 8.38. The molecule has 0 aromatic carbocycles. The normalized spacial score (nSPS) is 8.58. The van der Waals surface area contributed by atoms with Crippen LogP contribution in [-0.2, 0) is 6.42 Å². The van der Waals surface area contributed by atoms with Gasteiger partial charge in [-0.15, -0.1) is 0 Å². The number of rotatable bonds is 3.